The summed E-state index contributed by atoms with van der Waals surface area (Å²) in [5, 5.41) is 6.74. The molecule has 0 unspecified atom stereocenters. The van der Waals surface area contributed by atoms with E-state index in [1.54, 1.807) is 84.3 Å². The highest BCUT2D eigenvalue weighted by atomic mass is 35.5. The normalized spacial score (nSPS) is 11.2. The molecule has 2 aromatic heterocycles. The van der Waals surface area contributed by atoms with Crippen LogP contribution in [0.5, 0.6) is 5.75 Å². The van der Waals surface area contributed by atoms with Gasteiger partial charge in [0.05, 0.1) is 35.2 Å². The minimum absolute atomic E-state index is 0.0558. The SMILES string of the molecule is COc1ccc2c(c1)c(CC(=O)Nc1ccccc1C(=O)Nc1ccc(S(=O)(=O)Nc3ncccn3)cc1)c(C)n2C(=O)c1ccc(Cl)cc1. The lowest BCUT2D eigenvalue weighted by molar-refractivity contribution is -0.115. The Labute approximate surface area is 292 Å². The summed E-state index contributed by atoms with van der Waals surface area (Å²) in [6, 6.07) is 25.5. The number of rotatable bonds is 10. The summed E-state index contributed by atoms with van der Waals surface area (Å²) in [6.07, 6.45) is 2.71. The first-order chi connectivity index (χ1) is 24.0. The molecular formula is C36H29ClN6O6S. The first-order valence-corrected chi connectivity index (χ1v) is 17.0. The topological polar surface area (TPSA) is 161 Å². The molecule has 0 aliphatic heterocycles. The third-order valence-corrected chi connectivity index (χ3v) is 9.43. The number of benzene rings is 4. The van der Waals surface area contributed by atoms with Gasteiger partial charge in [-0.2, -0.15) is 0 Å². The fourth-order valence-electron chi connectivity index (χ4n) is 5.39. The van der Waals surface area contributed by atoms with Gasteiger partial charge in [0.15, 0.2) is 0 Å². The van der Waals surface area contributed by atoms with Crippen LogP contribution in [0.25, 0.3) is 10.9 Å². The number of amides is 2. The van der Waals surface area contributed by atoms with Gasteiger partial charge in [0.2, 0.25) is 11.9 Å². The summed E-state index contributed by atoms with van der Waals surface area (Å²) < 4.78 is 34.7. The highest BCUT2D eigenvalue weighted by Crippen LogP contribution is 2.31. The molecule has 0 aliphatic carbocycles. The van der Waals surface area contributed by atoms with Crippen molar-refractivity contribution in [2.24, 2.45) is 0 Å². The molecule has 0 saturated carbocycles. The maximum atomic E-state index is 13.7. The third-order valence-electron chi connectivity index (χ3n) is 7.83. The second-order valence-corrected chi connectivity index (χ2v) is 13.1. The van der Waals surface area contributed by atoms with Crippen molar-refractivity contribution >= 4 is 67.6 Å². The summed E-state index contributed by atoms with van der Waals surface area (Å²) in [6.45, 7) is 1.77. The van der Waals surface area contributed by atoms with Crippen LogP contribution in [-0.4, -0.2) is 47.8 Å². The molecule has 0 saturated heterocycles. The lowest BCUT2D eigenvalue weighted by Gasteiger charge is -2.12. The number of nitrogens with zero attached hydrogens (tertiary/aromatic N) is 3. The quantitative estimate of drug-likeness (QED) is 0.149. The Hall–Kier alpha value is -6.05. The van der Waals surface area contributed by atoms with Gasteiger partial charge in [0.1, 0.15) is 5.75 Å². The van der Waals surface area contributed by atoms with E-state index in [2.05, 4.69) is 25.3 Å². The zero-order chi connectivity index (χ0) is 35.4. The van der Waals surface area contributed by atoms with E-state index in [1.807, 2.05) is 0 Å². The van der Waals surface area contributed by atoms with Crippen LogP contribution in [0.3, 0.4) is 0 Å². The highest BCUT2D eigenvalue weighted by Gasteiger charge is 2.23. The molecule has 2 heterocycles. The standard InChI is InChI=1S/C36H29ClN6O6S/c1-22-29(30-20-26(49-2)14-17-32(30)43(22)35(46)23-8-10-24(37)11-9-23)21-33(44)41-31-7-4-3-6-28(31)34(45)40-25-12-15-27(16-13-25)50(47,48)42-36-38-18-5-19-39-36/h3-20H,21H2,1-2H3,(H,40,45)(H,41,44)(H,38,39,42). The zero-order valence-corrected chi connectivity index (χ0v) is 28.2. The van der Waals surface area contributed by atoms with Gasteiger partial charge < -0.3 is 15.4 Å². The molecule has 0 spiro atoms. The smallest absolute Gasteiger partial charge is 0.264 e. The molecule has 3 N–H and O–H groups in total. The number of ether oxygens (including phenoxy) is 1. The van der Waals surface area contributed by atoms with E-state index < -0.39 is 21.8 Å². The predicted octanol–water partition coefficient (Wildman–Crippen LogP) is 6.32. The third kappa shape index (κ3) is 7.18. The summed E-state index contributed by atoms with van der Waals surface area (Å²) in [5.74, 6) is -0.743. The van der Waals surface area contributed by atoms with Gasteiger partial charge in [-0.25, -0.2) is 23.1 Å². The Morgan fingerprint density at radius 1 is 0.860 bits per heavy atom. The Morgan fingerprint density at radius 3 is 2.26 bits per heavy atom. The second kappa shape index (κ2) is 14.2. The van der Waals surface area contributed by atoms with Crippen molar-refractivity contribution in [1.29, 1.82) is 0 Å². The molecule has 0 aliphatic rings. The molecule has 6 aromatic rings. The number of methoxy groups -OCH3 is 1. The molecule has 14 heteroatoms. The fraction of sp³-hybridized carbons (Fsp3) is 0.0833. The number of carbonyl (C=O) groups excluding carboxylic acids is 3. The molecule has 12 nitrogen and oxygen atoms in total. The van der Waals surface area contributed by atoms with Crippen molar-refractivity contribution in [3.8, 4) is 5.75 Å². The number of nitrogens with one attached hydrogen (secondary N) is 3. The van der Waals surface area contributed by atoms with E-state index in [1.165, 1.54) is 43.8 Å². The van der Waals surface area contributed by atoms with Crippen LogP contribution in [0, 0.1) is 6.92 Å². The molecule has 0 bridgehead atoms. The van der Waals surface area contributed by atoms with Crippen LogP contribution < -0.4 is 20.1 Å². The monoisotopic (exact) mass is 708 g/mol. The van der Waals surface area contributed by atoms with Crippen LogP contribution in [-0.2, 0) is 21.2 Å². The van der Waals surface area contributed by atoms with E-state index in [9.17, 15) is 22.8 Å². The molecule has 0 atom stereocenters. The second-order valence-electron chi connectivity index (χ2n) is 11.0. The van der Waals surface area contributed by atoms with Gasteiger partial charge in [-0.15, -0.1) is 0 Å². The van der Waals surface area contributed by atoms with E-state index >= 15 is 0 Å². The van der Waals surface area contributed by atoms with Crippen molar-refractivity contribution in [3.05, 3.63) is 137 Å². The Balaban J connectivity index is 1.21. The largest absolute Gasteiger partial charge is 0.497 e. The van der Waals surface area contributed by atoms with Crippen LogP contribution in [0.2, 0.25) is 5.02 Å². The maximum Gasteiger partial charge on any atom is 0.264 e. The molecule has 0 radical (unpaired) electrons. The summed E-state index contributed by atoms with van der Waals surface area (Å²) >= 11 is 6.04. The number of aromatic nitrogens is 3. The summed E-state index contributed by atoms with van der Waals surface area (Å²) in [5.41, 5.74) is 2.99. The number of anilines is 3. The van der Waals surface area contributed by atoms with Gasteiger partial charge >= 0.3 is 0 Å². The molecule has 6 rings (SSSR count). The first-order valence-electron chi connectivity index (χ1n) is 15.1. The molecule has 252 valence electrons. The Morgan fingerprint density at radius 2 is 1.56 bits per heavy atom. The zero-order valence-electron chi connectivity index (χ0n) is 26.7. The van der Waals surface area contributed by atoms with Crippen molar-refractivity contribution < 1.29 is 27.5 Å². The van der Waals surface area contributed by atoms with Crippen molar-refractivity contribution in [2.45, 2.75) is 18.2 Å². The number of carbonyl (C=O) groups is 3. The minimum Gasteiger partial charge on any atom is -0.497 e. The van der Waals surface area contributed by atoms with E-state index in [0.717, 1.165) is 0 Å². The van der Waals surface area contributed by atoms with Gasteiger partial charge in [0, 0.05) is 39.7 Å². The van der Waals surface area contributed by atoms with E-state index in [4.69, 9.17) is 16.3 Å². The molecule has 4 aromatic carbocycles. The van der Waals surface area contributed by atoms with Gasteiger partial charge in [-0.3, -0.25) is 19.0 Å². The lowest BCUT2D eigenvalue weighted by atomic mass is 10.1. The summed E-state index contributed by atoms with van der Waals surface area (Å²) in [7, 11) is -2.43. The molecule has 50 heavy (non-hydrogen) atoms. The highest BCUT2D eigenvalue weighted by molar-refractivity contribution is 7.92. The lowest BCUT2D eigenvalue weighted by Crippen LogP contribution is -2.20. The number of hydrogen-bond donors (Lipinski definition) is 3. The average Bonchev–Trinajstić information content (AvgIpc) is 3.38. The number of sulfonamides is 1. The molecule has 0 fully saturated rings. The fourth-order valence-corrected chi connectivity index (χ4v) is 6.47. The Kier molecular flexibility index (Phi) is 9.61. The molecular weight excluding hydrogens is 680 g/mol. The van der Waals surface area contributed by atoms with Crippen molar-refractivity contribution in [3.63, 3.8) is 0 Å². The predicted molar refractivity (Wildman–Crippen MR) is 190 cm³/mol. The summed E-state index contributed by atoms with van der Waals surface area (Å²) in [4.78, 5) is 48.3. The molecule has 2 amide bonds. The maximum absolute atomic E-state index is 13.7. The van der Waals surface area contributed by atoms with Crippen LogP contribution in [0.4, 0.5) is 17.3 Å². The number of halogens is 1. The van der Waals surface area contributed by atoms with E-state index in [-0.39, 0.29) is 34.4 Å². The Bertz CT molecular complexity index is 2350. The number of hydrogen-bond acceptors (Lipinski definition) is 8. The van der Waals surface area contributed by atoms with Crippen molar-refractivity contribution in [1.82, 2.24) is 14.5 Å². The van der Waals surface area contributed by atoms with Crippen molar-refractivity contribution in [2.75, 3.05) is 22.5 Å². The van der Waals surface area contributed by atoms with Crippen LogP contribution in [0.15, 0.2) is 114 Å². The number of para-hydroxylation sites is 1. The minimum atomic E-state index is -3.96. The average molecular weight is 709 g/mol. The van der Waals surface area contributed by atoms with Crippen LogP contribution >= 0.6 is 11.6 Å². The van der Waals surface area contributed by atoms with Crippen LogP contribution in [0.1, 0.15) is 32.0 Å². The first kappa shape index (κ1) is 33.8. The van der Waals surface area contributed by atoms with Gasteiger partial charge in [-0.05, 0) is 97.4 Å². The number of fused-ring (bicyclic) bond motifs is 1. The van der Waals surface area contributed by atoms with E-state index in [0.29, 0.717) is 44.2 Å². The van der Waals surface area contributed by atoms with Gasteiger partial charge in [0.25, 0.3) is 21.8 Å². The van der Waals surface area contributed by atoms with Gasteiger partial charge in [-0.1, -0.05) is 23.7 Å².